The normalized spacial score (nSPS) is 11.9. The van der Waals surface area contributed by atoms with Gasteiger partial charge in [0.2, 0.25) is 0 Å². The second-order valence-electron chi connectivity index (χ2n) is 10.9. The average Bonchev–Trinajstić information content (AvgIpc) is 3.42. The van der Waals surface area contributed by atoms with Gasteiger partial charge in [0.15, 0.2) is 0 Å². The van der Waals surface area contributed by atoms with Crippen molar-refractivity contribution in [3.05, 3.63) is 146 Å². The maximum Gasteiger partial charge on any atom is 0.0368 e. The van der Waals surface area contributed by atoms with Gasteiger partial charge in [-0.3, -0.25) is 0 Å². The third kappa shape index (κ3) is 3.46. The van der Waals surface area contributed by atoms with Crippen molar-refractivity contribution < 1.29 is 0 Å². The van der Waals surface area contributed by atoms with E-state index in [1.165, 1.54) is 85.5 Å². The summed E-state index contributed by atoms with van der Waals surface area (Å²) in [5.74, 6) is 0. The highest BCUT2D eigenvalue weighted by molar-refractivity contribution is 7.26. The van der Waals surface area contributed by atoms with Crippen LogP contribution in [0.2, 0.25) is 0 Å². The van der Waals surface area contributed by atoms with Gasteiger partial charge in [0, 0.05) is 20.2 Å². The minimum absolute atomic E-state index is 1.26. The van der Waals surface area contributed by atoms with Crippen LogP contribution in [0.5, 0.6) is 0 Å². The fourth-order valence-electron chi connectivity index (χ4n) is 6.68. The zero-order chi connectivity index (χ0) is 26.9. The monoisotopic (exact) mass is 536 g/mol. The van der Waals surface area contributed by atoms with E-state index < -0.39 is 0 Å². The molecule has 41 heavy (non-hydrogen) atoms. The van der Waals surface area contributed by atoms with E-state index in [0.29, 0.717) is 0 Å². The highest BCUT2D eigenvalue weighted by Crippen LogP contribution is 2.48. The summed E-state index contributed by atoms with van der Waals surface area (Å²) >= 11 is 1.92. The van der Waals surface area contributed by atoms with Crippen molar-refractivity contribution >= 4 is 74.6 Å². The van der Waals surface area contributed by atoms with Gasteiger partial charge in [-0.15, -0.1) is 11.3 Å². The Hall–Kier alpha value is -4.98. The lowest BCUT2D eigenvalue weighted by atomic mass is 9.89. The molecule has 0 radical (unpaired) electrons. The van der Waals surface area contributed by atoms with Crippen LogP contribution in [0.4, 0.5) is 0 Å². The number of thiophene rings is 1. The molecule has 0 N–H and O–H groups in total. The van der Waals surface area contributed by atoms with Gasteiger partial charge in [-0.05, 0) is 102 Å². The quantitative estimate of drug-likeness (QED) is 0.193. The van der Waals surface area contributed by atoms with Crippen molar-refractivity contribution in [2.45, 2.75) is 0 Å². The molecule has 0 nitrogen and oxygen atoms in total. The maximum absolute atomic E-state index is 2.43. The number of benzene rings is 8. The number of rotatable bonds is 2. The van der Waals surface area contributed by atoms with Crippen molar-refractivity contribution in [2.24, 2.45) is 0 Å². The second kappa shape index (κ2) is 8.76. The summed E-state index contributed by atoms with van der Waals surface area (Å²) in [6.07, 6.45) is 0. The Labute approximate surface area is 241 Å². The Morgan fingerprint density at radius 3 is 1.05 bits per heavy atom. The van der Waals surface area contributed by atoms with Gasteiger partial charge in [-0.1, -0.05) is 109 Å². The molecule has 0 unspecified atom stereocenters. The van der Waals surface area contributed by atoms with Crippen LogP contribution in [0.1, 0.15) is 0 Å². The lowest BCUT2D eigenvalue weighted by Gasteiger charge is -2.13. The topological polar surface area (TPSA) is 0 Å². The van der Waals surface area contributed by atoms with Crippen LogP contribution in [0.3, 0.4) is 0 Å². The lowest BCUT2D eigenvalue weighted by Crippen LogP contribution is -1.86. The van der Waals surface area contributed by atoms with E-state index in [4.69, 9.17) is 0 Å². The second-order valence-corrected chi connectivity index (χ2v) is 12.0. The summed E-state index contributed by atoms with van der Waals surface area (Å²) in [5, 5.41) is 13.1. The van der Waals surface area contributed by atoms with Gasteiger partial charge in [-0.25, -0.2) is 0 Å². The van der Waals surface area contributed by atoms with Gasteiger partial charge >= 0.3 is 0 Å². The first-order valence-electron chi connectivity index (χ1n) is 14.1. The molecule has 0 aliphatic heterocycles. The summed E-state index contributed by atoms with van der Waals surface area (Å²) in [5.41, 5.74) is 5.10. The Morgan fingerprint density at radius 1 is 0.317 bits per heavy atom. The van der Waals surface area contributed by atoms with E-state index in [1.54, 1.807) is 0 Å². The predicted octanol–water partition coefficient (Wildman–Crippen LogP) is 12.0. The standard InChI is InChI=1S/C40H24S/c1-3-11-25(12-4-1)31-23-37-39(35-21-29-17-9-7-15-27(29)19-33(31)35)40-36-22-30-18-10-8-16-28(30)20-34(36)32(24-38(40)41-37)26-13-5-2-6-14-26/h1-24H. The molecular weight excluding hydrogens is 513 g/mol. The zero-order valence-corrected chi connectivity index (χ0v) is 23.1. The molecule has 0 spiro atoms. The number of hydrogen-bond acceptors (Lipinski definition) is 1. The molecule has 1 aromatic heterocycles. The molecule has 0 atom stereocenters. The van der Waals surface area contributed by atoms with E-state index in [-0.39, 0.29) is 0 Å². The van der Waals surface area contributed by atoms with Crippen molar-refractivity contribution in [1.29, 1.82) is 0 Å². The summed E-state index contributed by atoms with van der Waals surface area (Å²) < 4.78 is 2.67. The molecule has 0 bridgehead atoms. The van der Waals surface area contributed by atoms with E-state index >= 15 is 0 Å². The SMILES string of the molecule is c1ccc(-c2cc3sc4cc(-c5ccccc5)c5cc6ccccc6cc5c4c3c3cc4ccccc4cc23)cc1. The highest BCUT2D eigenvalue weighted by atomic mass is 32.1. The van der Waals surface area contributed by atoms with Gasteiger partial charge < -0.3 is 0 Å². The minimum atomic E-state index is 1.26. The Morgan fingerprint density at radius 2 is 0.659 bits per heavy atom. The van der Waals surface area contributed by atoms with Crippen LogP contribution in [0.15, 0.2) is 146 Å². The molecular formula is C40H24S. The summed E-state index contributed by atoms with van der Waals surface area (Å²) in [7, 11) is 0. The van der Waals surface area contributed by atoms with E-state index in [9.17, 15) is 0 Å². The first-order valence-corrected chi connectivity index (χ1v) is 14.9. The summed E-state index contributed by atoms with van der Waals surface area (Å²) in [6.45, 7) is 0. The van der Waals surface area contributed by atoms with E-state index in [1.807, 2.05) is 11.3 Å². The van der Waals surface area contributed by atoms with Crippen LogP contribution in [0.25, 0.3) is 85.5 Å². The maximum atomic E-state index is 2.43. The predicted molar refractivity (Wildman–Crippen MR) is 180 cm³/mol. The molecule has 0 saturated carbocycles. The van der Waals surface area contributed by atoms with Gasteiger partial charge in [0.25, 0.3) is 0 Å². The van der Waals surface area contributed by atoms with Gasteiger partial charge in [0.05, 0.1) is 0 Å². The van der Waals surface area contributed by atoms with Crippen LogP contribution < -0.4 is 0 Å². The third-order valence-corrected chi connectivity index (χ3v) is 9.66. The molecule has 0 amide bonds. The van der Waals surface area contributed by atoms with Crippen LogP contribution >= 0.6 is 11.3 Å². The third-order valence-electron chi connectivity index (χ3n) is 8.57. The van der Waals surface area contributed by atoms with Gasteiger partial charge in [0.1, 0.15) is 0 Å². The number of hydrogen-bond donors (Lipinski definition) is 0. The fraction of sp³-hybridized carbons (Fsp3) is 0. The van der Waals surface area contributed by atoms with Crippen molar-refractivity contribution in [3.8, 4) is 22.3 Å². The molecule has 9 aromatic rings. The van der Waals surface area contributed by atoms with Gasteiger partial charge in [-0.2, -0.15) is 0 Å². The van der Waals surface area contributed by atoms with Crippen molar-refractivity contribution in [3.63, 3.8) is 0 Å². The zero-order valence-electron chi connectivity index (χ0n) is 22.3. The first-order chi connectivity index (χ1) is 20.3. The smallest absolute Gasteiger partial charge is 0.0368 e. The molecule has 8 aromatic carbocycles. The first kappa shape index (κ1) is 22.8. The van der Waals surface area contributed by atoms with Crippen LogP contribution in [0, 0.1) is 0 Å². The minimum Gasteiger partial charge on any atom is -0.135 e. The molecule has 9 rings (SSSR count). The molecule has 0 fully saturated rings. The molecule has 0 saturated heterocycles. The Balaban J connectivity index is 1.52. The molecule has 1 heterocycles. The lowest BCUT2D eigenvalue weighted by molar-refractivity contribution is 1.68. The van der Waals surface area contributed by atoms with Crippen molar-refractivity contribution in [1.82, 2.24) is 0 Å². The largest absolute Gasteiger partial charge is 0.135 e. The van der Waals surface area contributed by atoms with E-state index in [0.717, 1.165) is 0 Å². The van der Waals surface area contributed by atoms with Crippen molar-refractivity contribution in [2.75, 3.05) is 0 Å². The molecule has 0 aliphatic carbocycles. The Bertz CT molecular complexity index is 2280. The Kier molecular flexibility index (Phi) is 4.87. The molecule has 0 aliphatic rings. The summed E-state index contributed by atoms with van der Waals surface area (Å²) in [6, 6.07) is 53.7. The number of fused-ring (bicyclic) bond motifs is 9. The average molecular weight is 537 g/mol. The summed E-state index contributed by atoms with van der Waals surface area (Å²) in [4.78, 5) is 0. The van der Waals surface area contributed by atoms with E-state index in [2.05, 4.69) is 146 Å². The van der Waals surface area contributed by atoms with Crippen LogP contribution in [-0.2, 0) is 0 Å². The highest BCUT2D eigenvalue weighted by Gasteiger charge is 2.19. The molecule has 1 heteroatoms. The fourth-order valence-corrected chi connectivity index (χ4v) is 7.89. The molecule has 190 valence electrons. The van der Waals surface area contributed by atoms with Crippen LogP contribution in [-0.4, -0.2) is 0 Å².